The van der Waals surface area contributed by atoms with Gasteiger partial charge in [0.2, 0.25) is 0 Å². The molecule has 0 radical (unpaired) electrons. The Morgan fingerprint density at radius 3 is 2.52 bits per heavy atom. The topological polar surface area (TPSA) is 32.8 Å². The third kappa shape index (κ3) is 5.03. The molecule has 0 N–H and O–H groups in total. The molecule has 1 fully saturated rings. The molecule has 1 aliphatic rings. The van der Waals surface area contributed by atoms with E-state index in [4.69, 9.17) is 4.74 Å². The van der Waals surface area contributed by atoms with Crippen molar-refractivity contribution in [2.75, 3.05) is 26.2 Å². The maximum Gasteiger partial charge on any atom is 0.410 e. The summed E-state index contributed by atoms with van der Waals surface area (Å²) in [6, 6.07) is 14.6. The molecule has 0 aromatic heterocycles. The molecule has 0 unspecified atom stereocenters. The molecule has 4 nitrogen and oxygen atoms in total. The van der Waals surface area contributed by atoms with Gasteiger partial charge in [-0.05, 0) is 23.8 Å². The molecule has 0 spiro atoms. The summed E-state index contributed by atoms with van der Waals surface area (Å²) in [4.78, 5) is 16.0. The average Bonchev–Trinajstić information content (AvgIpc) is 2.64. The van der Waals surface area contributed by atoms with Gasteiger partial charge in [0.15, 0.2) is 0 Å². The van der Waals surface area contributed by atoms with Gasteiger partial charge in [-0.25, -0.2) is 9.18 Å². The lowest BCUT2D eigenvalue weighted by molar-refractivity contribution is 0.0698. The Bertz CT molecular complexity index is 719. The van der Waals surface area contributed by atoms with Gasteiger partial charge in [-0.2, -0.15) is 0 Å². The predicted molar refractivity (Wildman–Crippen MR) is 97.6 cm³/mol. The highest BCUT2D eigenvalue weighted by atomic mass is 79.9. The third-order valence-electron chi connectivity index (χ3n) is 4.24. The van der Waals surface area contributed by atoms with E-state index in [1.165, 1.54) is 6.07 Å². The van der Waals surface area contributed by atoms with E-state index in [2.05, 4.69) is 20.8 Å². The van der Waals surface area contributed by atoms with E-state index in [0.29, 0.717) is 38.3 Å². The number of carbonyl (C=O) groups is 1. The first-order valence-corrected chi connectivity index (χ1v) is 9.03. The van der Waals surface area contributed by atoms with Crippen LogP contribution in [0.4, 0.5) is 9.18 Å². The van der Waals surface area contributed by atoms with Crippen molar-refractivity contribution >= 4 is 22.0 Å². The van der Waals surface area contributed by atoms with Crippen molar-refractivity contribution in [2.24, 2.45) is 0 Å². The van der Waals surface area contributed by atoms with Crippen LogP contribution in [-0.2, 0) is 17.9 Å². The molecule has 0 aliphatic carbocycles. The molecular formula is C19H20BrFN2O2. The molecule has 1 amide bonds. The number of nitrogens with zero attached hydrogens (tertiary/aromatic N) is 2. The molecule has 0 saturated carbocycles. The van der Waals surface area contributed by atoms with Crippen molar-refractivity contribution in [3.05, 3.63) is 69.9 Å². The van der Waals surface area contributed by atoms with Crippen LogP contribution >= 0.6 is 15.9 Å². The molecule has 132 valence electrons. The van der Waals surface area contributed by atoms with E-state index in [-0.39, 0.29) is 18.5 Å². The van der Waals surface area contributed by atoms with E-state index >= 15 is 0 Å². The van der Waals surface area contributed by atoms with Crippen LogP contribution in [0.2, 0.25) is 0 Å². The van der Waals surface area contributed by atoms with Crippen molar-refractivity contribution in [3.8, 4) is 0 Å². The Balaban J connectivity index is 1.46. The summed E-state index contributed by atoms with van der Waals surface area (Å²) in [5.74, 6) is -0.201. The lowest BCUT2D eigenvalue weighted by Crippen LogP contribution is -2.48. The number of carbonyl (C=O) groups excluding carboxylic acids is 1. The zero-order chi connectivity index (χ0) is 17.6. The van der Waals surface area contributed by atoms with E-state index < -0.39 is 0 Å². The number of benzene rings is 2. The maximum atomic E-state index is 13.9. The Kier molecular flexibility index (Phi) is 6.04. The molecule has 25 heavy (non-hydrogen) atoms. The molecule has 1 heterocycles. The Morgan fingerprint density at radius 2 is 1.80 bits per heavy atom. The first kappa shape index (κ1) is 17.9. The number of ether oxygens (including phenoxy) is 1. The van der Waals surface area contributed by atoms with E-state index in [1.807, 2.05) is 30.3 Å². The molecule has 2 aromatic rings. The fraction of sp³-hybridized carbons (Fsp3) is 0.316. The molecule has 0 atom stereocenters. The maximum absolute atomic E-state index is 13.9. The number of rotatable bonds is 4. The van der Waals surface area contributed by atoms with Gasteiger partial charge in [0, 0.05) is 42.8 Å². The number of piperazine rings is 1. The molecule has 6 heteroatoms. The second kappa shape index (κ2) is 8.45. The Morgan fingerprint density at radius 1 is 1.08 bits per heavy atom. The zero-order valence-corrected chi connectivity index (χ0v) is 15.4. The van der Waals surface area contributed by atoms with Crippen molar-refractivity contribution < 1.29 is 13.9 Å². The zero-order valence-electron chi connectivity index (χ0n) is 13.8. The number of amides is 1. The minimum Gasteiger partial charge on any atom is -0.445 e. The van der Waals surface area contributed by atoms with Crippen LogP contribution in [0.15, 0.2) is 53.0 Å². The smallest absolute Gasteiger partial charge is 0.410 e. The SMILES string of the molecule is O=C(OCc1ccccc1)N1CCN(Cc2cc(Br)ccc2F)CC1. The highest BCUT2D eigenvalue weighted by Gasteiger charge is 2.22. The standard InChI is InChI=1S/C19H20BrFN2O2/c20-17-6-7-18(21)16(12-17)13-22-8-10-23(11-9-22)19(24)25-14-15-4-2-1-3-5-15/h1-7,12H,8-11,13-14H2. The summed E-state index contributed by atoms with van der Waals surface area (Å²) in [5, 5.41) is 0. The molecule has 3 rings (SSSR count). The van der Waals surface area contributed by atoms with Crippen LogP contribution in [-0.4, -0.2) is 42.1 Å². The average molecular weight is 407 g/mol. The fourth-order valence-corrected chi connectivity index (χ4v) is 3.21. The lowest BCUT2D eigenvalue weighted by atomic mass is 10.2. The summed E-state index contributed by atoms with van der Waals surface area (Å²) in [6.07, 6.45) is -0.294. The van der Waals surface area contributed by atoms with Crippen LogP contribution in [0.3, 0.4) is 0 Å². The van der Waals surface area contributed by atoms with E-state index in [1.54, 1.807) is 17.0 Å². The first-order chi connectivity index (χ1) is 12.1. The number of hydrogen-bond donors (Lipinski definition) is 0. The molecule has 1 saturated heterocycles. The van der Waals surface area contributed by atoms with Crippen LogP contribution in [0.1, 0.15) is 11.1 Å². The van der Waals surface area contributed by atoms with Gasteiger partial charge >= 0.3 is 6.09 Å². The Hall–Kier alpha value is -1.92. The normalized spacial score (nSPS) is 15.2. The van der Waals surface area contributed by atoms with Gasteiger partial charge in [-0.15, -0.1) is 0 Å². The second-order valence-corrected chi connectivity index (χ2v) is 6.95. The van der Waals surface area contributed by atoms with Gasteiger partial charge in [-0.3, -0.25) is 4.90 Å². The van der Waals surface area contributed by atoms with E-state index in [0.717, 1.165) is 10.0 Å². The largest absolute Gasteiger partial charge is 0.445 e. The van der Waals surface area contributed by atoms with E-state index in [9.17, 15) is 9.18 Å². The number of halogens is 2. The Labute approximate surface area is 155 Å². The van der Waals surface area contributed by atoms with Crippen LogP contribution < -0.4 is 0 Å². The molecule has 0 bridgehead atoms. The van der Waals surface area contributed by atoms with Gasteiger partial charge in [-0.1, -0.05) is 46.3 Å². The predicted octanol–water partition coefficient (Wildman–Crippen LogP) is 4.04. The minimum atomic E-state index is -0.294. The van der Waals surface area contributed by atoms with Gasteiger partial charge in [0.1, 0.15) is 12.4 Å². The lowest BCUT2D eigenvalue weighted by Gasteiger charge is -2.34. The van der Waals surface area contributed by atoms with Crippen LogP contribution in [0.25, 0.3) is 0 Å². The molecule has 2 aromatic carbocycles. The second-order valence-electron chi connectivity index (χ2n) is 6.04. The van der Waals surface area contributed by atoms with Crippen molar-refractivity contribution in [1.29, 1.82) is 0 Å². The monoisotopic (exact) mass is 406 g/mol. The first-order valence-electron chi connectivity index (χ1n) is 8.24. The van der Waals surface area contributed by atoms with Crippen molar-refractivity contribution in [3.63, 3.8) is 0 Å². The fourth-order valence-electron chi connectivity index (χ4n) is 2.80. The van der Waals surface area contributed by atoms with Crippen LogP contribution in [0, 0.1) is 5.82 Å². The minimum absolute atomic E-state index is 0.201. The quantitative estimate of drug-likeness (QED) is 0.767. The summed E-state index contributed by atoms with van der Waals surface area (Å²) < 4.78 is 20.1. The summed E-state index contributed by atoms with van der Waals surface area (Å²) in [7, 11) is 0. The third-order valence-corrected chi connectivity index (χ3v) is 4.73. The summed E-state index contributed by atoms with van der Waals surface area (Å²) in [5.41, 5.74) is 1.63. The van der Waals surface area contributed by atoms with Crippen LogP contribution in [0.5, 0.6) is 0 Å². The highest BCUT2D eigenvalue weighted by Crippen LogP contribution is 2.18. The van der Waals surface area contributed by atoms with Gasteiger partial charge in [0.25, 0.3) is 0 Å². The number of hydrogen-bond acceptors (Lipinski definition) is 3. The summed E-state index contributed by atoms with van der Waals surface area (Å²) >= 11 is 3.37. The summed E-state index contributed by atoms with van der Waals surface area (Å²) in [6.45, 7) is 3.40. The van der Waals surface area contributed by atoms with Crippen molar-refractivity contribution in [2.45, 2.75) is 13.2 Å². The highest BCUT2D eigenvalue weighted by molar-refractivity contribution is 9.10. The van der Waals surface area contributed by atoms with Crippen molar-refractivity contribution in [1.82, 2.24) is 9.80 Å². The van der Waals surface area contributed by atoms with Gasteiger partial charge < -0.3 is 9.64 Å². The molecular weight excluding hydrogens is 387 g/mol. The van der Waals surface area contributed by atoms with Gasteiger partial charge in [0.05, 0.1) is 0 Å². The molecule has 1 aliphatic heterocycles.